The zero-order valence-corrected chi connectivity index (χ0v) is 8.05. The van der Waals surface area contributed by atoms with Gasteiger partial charge in [-0.05, 0) is 18.6 Å². The zero-order chi connectivity index (χ0) is 10.0. The third-order valence-corrected chi connectivity index (χ3v) is 2.14. The Labute approximate surface area is 80.9 Å². The van der Waals surface area contributed by atoms with Crippen molar-refractivity contribution in [1.82, 2.24) is 0 Å². The Hall–Kier alpha value is -1.22. The van der Waals surface area contributed by atoms with E-state index in [1.165, 1.54) is 13.2 Å². The zero-order valence-electron chi connectivity index (χ0n) is 7.30. The number of carbonyl (C=O) groups is 1. The van der Waals surface area contributed by atoms with Gasteiger partial charge in [0.2, 0.25) is 0 Å². The molecule has 1 aromatic rings. The number of phenols is 1. The fourth-order valence-electron chi connectivity index (χ4n) is 1.10. The molecule has 0 heterocycles. The van der Waals surface area contributed by atoms with E-state index in [0.29, 0.717) is 17.4 Å². The third-order valence-electron chi connectivity index (χ3n) is 1.77. The van der Waals surface area contributed by atoms with Crippen LogP contribution < -0.4 is 4.74 Å². The number of phenolic OH excluding ortho intramolecular Hbond substituents is 1. The average molecular weight is 201 g/mol. The summed E-state index contributed by atoms with van der Waals surface area (Å²) in [6.07, 6.45) is 0.639. The molecule has 0 aromatic heterocycles. The highest BCUT2D eigenvalue weighted by molar-refractivity contribution is 6.34. The quantitative estimate of drug-likeness (QED) is 0.745. The first-order chi connectivity index (χ1) is 6.11. The molecular formula is C9H9ClO3. The van der Waals surface area contributed by atoms with Crippen molar-refractivity contribution in [2.45, 2.75) is 6.92 Å². The molecule has 0 unspecified atom stereocenters. The van der Waals surface area contributed by atoms with Crippen molar-refractivity contribution in [2.24, 2.45) is 0 Å². The van der Waals surface area contributed by atoms with Gasteiger partial charge in [-0.1, -0.05) is 11.6 Å². The fourth-order valence-corrected chi connectivity index (χ4v) is 1.46. The predicted octanol–water partition coefficient (Wildman–Crippen LogP) is 2.18. The first kappa shape index (κ1) is 9.86. The van der Waals surface area contributed by atoms with Gasteiger partial charge < -0.3 is 9.84 Å². The molecule has 4 heteroatoms. The number of halogens is 1. The predicted molar refractivity (Wildman–Crippen MR) is 49.8 cm³/mol. The molecule has 70 valence electrons. The normalized spacial score (nSPS) is 9.77. The number of benzene rings is 1. The molecule has 0 fully saturated rings. The molecule has 0 bridgehead atoms. The van der Waals surface area contributed by atoms with Crippen LogP contribution in [0, 0.1) is 6.92 Å². The molecule has 1 N–H and O–H groups in total. The summed E-state index contributed by atoms with van der Waals surface area (Å²) >= 11 is 5.80. The van der Waals surface area contributed by atoms with E-state index < -0.39 is 0 Å². The molecule has 1 rings (SSSR count). The molecule has 3 nitrogen and oxygen atoms in total. The second-order valence-electron chi connectivity index (χ2n) is 2.59. The van der Waals surface area contributed by atoms with Gasteiger partial charge in [-0.25, -0.2) is 0 Å². The second kappa shape index (κ2) is 3.66. The molecule has 0 aliphatic rings. The summed E-state index contributed by atoms with van der Waals surface area (Å²) < 4.78 is 4.83. The number of aldehydes is 1. The smallest absolute Gasteiger partial charge is 0.179 e. The summed E-state index contributed by atoms with van der Waals surface area (Å²) in [7, 11) is 1.38. The Balaban J connectivity index is 3.47. The van der Waals surface area contributed by atoms with Crippen molar-refractivity contribution in [3.05, 3.63) is 22.2 Å². The third kappa shape index (κ3) is 1.60. The van der Waals surface area contributed by atoms with Crippen molar-refractivity contribution in [2.75, 3.05) is 7.11 Å². The molecule has 1 aromatic carbocycles. The highest BCUT2D eigenvalue weighted by Crippen LogP contribution is 2.37. The highest BCUT2D eigenvalue weighted by atomic mass is 35.5. The van der Waals surface area contributed by atoms with Gasteiger partial charge in [0.05, 0.1) is 12.1 Å². The molecule has 0 saturated heterocycles. The summed E-state index contributed by atoms with van der Waals surface area (Å²) in [6.45, 7) is 1.69. The van der Waals surface area contributed by atoms with Crippen LogP contribution in [0.5, 0.6) is 11.5 Å². The number of carbonyl (C=O) groups excluding carboxylic acids is 1. The topological polar surface area (TPSA) is 46.5 Å². The van der Waals surface area contributed by atoms with Gasteiger partial charge in [0.1, 0.15) is 0 Å². The monoisotopic (exact) mass is 200 g/mol. The summed E-state index contributed by atoms with van der Waals surface area (Å²) in [5, 5.41) is 9.51. The maximum Gasteiger partial charge on any atom is 0.179 e. The van der Waals surface area contributed by atoms with Gasteiger partial charge in [0.25, 0.3) is 0 Å². The Morgan fingerprint density at radius 1 is 1.62 bits per heavy atom. The first-order valence-corrected chi connectivity index (χ1v) is 4.00. The van der Waals surface area contributed by atoms with Crippen molar-refractivity contribution in [3.8, 4) is 11.5 Å². The molecule has 0 radical (unpaired) electrons. The van der Waals surface area contributed by atoms with Crippen LogP contribution in [0.25, 0.3) is 0 Å². The van der Waals surface area contributed by atoms with Crippen molar-refractivity contribution >= 4 is 17.9 Å². The number of methoxy groups -OCH3 is 1. The largest absolute Gasteiger partial charge is 0.504 e. The molecule has 13 heavy (non-hydrogen) atoms. The molecule has 0 aliphatic carbocycles. The lowest BCUT2D eigenvalue weighted by atomic mass is 10.1. The molecule has 0 amide bonds. The van der Waals surface area contributed by atoms with Crippen molar-refractivity contribution < 1.29 is 14.6 Å². The highest BCUT2D eigenvalue weighted by Gasteiger charge is 2.13. The van der Waals surface area contributed by atoms with Gasteiger partial charge in [-0.15, -0.1) is 0 Å². The lowest BCUT2D eigenvalue weighted by molar-refractivity contribution is 0.112. The van der Waals surface area contributed by atoms with E-state index >= 15 is 0 Å². The first-order valence-electron chi connectivity index (χ1n) is 3.63. The molecule has 0 atom stereocenters. The molecule has 0 spiro atoms. The number of hydrogen-bond acceptors (Lipinski definition) is 3. The number of ether oxygens (including phenoxy) is 1. The van der Waals surface area contributed by atoms with E-state index in [4.69, 9.17) is 16.3 Å². The van der Waals surface area contributed by atoms with Crippen LogP contribution in [0.1, 0.15) is 15.9 Å². The minimum atomic E-state index is -0.0596. The van der Waals surface area contributed by atoms with Gasteiger partial charge >= 0.3 is 0 Å². The van der Waals surface area contributed by atoms with Crippen molar-refractivity contribution in [3.63, 3.8) is 0 Å². The lowest BCUT2D eigenvalue weighted by Crippen LogP contribution is -1.93. The van der Waals surface area contributed by atoms with E-state index in [1.54, 1.807) is 6.92 Å². The van der Waals surface area contributed by atoms with E-state index in [-0.39, 0.29) is 16.5 Å². The number of aryl methyl sites for hydroxylation is 1. The van der Waals surface area contributed by atoms with E-state index in [1.807, 2.05) is 0 Å². The summed E-state index contributed by atoms with van der Waals surface area (Å²) in [6, 6.07) is 1.44. The number of rotatable bonds is 2. The van der Waals surface area contributed by atoms with E-state index in [0.717, 1.165) is 0 Å². The standard InChI is InChI=1S/C9H9ClO3/c1-5-3-7(12)9(13-2)8(10)6(5)4-11/h3-4,12H,1-2H3. The Kier molecular flexibility index (Phi) is 2.78. The van der Waals surface area contributed by atoms with Crippen LogP contribution in [0.2, 0.25) is 5.02 Å². The fraction of sp³-hybridized carbons (Fsp3) is 0.222. The van der Waals surface area contributed by atoms with Crippen molar-refractivity contribution in [1.29, 1.82) is 0 Å². The Morgan fingerprint density at radius 3 is 2.69 bits per heavy atom. The molecule has 0 saturated carbocycles. The second-order valence-corrected chi connectivity index (χ2v) is 2.97. The Bertz CT molecular complexity index is 347. The molecule has 0 aliphatic heterocycles. The SMILES string of the molecule is COc1c(O)cc(C)c(C=O)c1Cl. The minimum absolute atomic E-state index is 0.0596. The van der Waals surface area contributed by atoms with Gasteiger partial charge in [-0.3, -0.25) is 4.79 Å². The van der Waals surface area contributed by atoms with Crippen LogP contribution in [-0.4, -0.2) is 18.5 Å². The maximum absolute atomic E-state index is 10.6. The summed E-state index contributed by atoms with van der Waals surface area (Å²) in [4.78, 5) is 10.6. The number of aromatic hydroxyl groups is 1. The van der Waals surface area contributed by atoms with Crippen LogP contribution in [0.3, 0.4) is 0 Å². The molecular weight excluding hydrogens is 192 g/mol. The summed E-state index contributed by atoms with van der Waals surface area (Å²) in [5.41, 5.74) is 0.967. The maximum atomic E-state index is 10.6. The van der Waals surface area contributed by atoms with Gasteiger partial charge in [0.15, 0.2) is 17.8 Å². The lowest BCUT2D eigenvalue weighted by Gasteiger charge is -2.09. The van der Waals surface area contributed by atoms with Crippen LogP contribution >= 0.6 is 11.6 Å². The van der Waals surface area contributed by atoms with Crippen LogP contribution in [0.15, 0.2) is 6.07 Å². The van der Waals surface area contributed by atoms with Crippen LogP contribution in [0.4, 0.5) is 0 Å². The Morgan fingerprint density at radius 2 is 2.23 bits per heavy atom. The number of hydrogen-bond donors (Lipinski definition) is 1. The van der Waals surface area contributed by atoms with E-state index in [2.05, 4.69) is 0 Å². The average Bonchev–Trinajstić information content (AvgIpc) is 2.04. The van der Waals surface area contributed by atoms with E-state index in [9.17, 15) is 9.90 Å². The minimum Gasteiger partial charge on any atom is -0.504 e. The van der Waals surface area contributed by atoms with Gasteiger partial charge in [-0.2, -0.15) is 0 Å². The summed E-state index contributed by atoms with van der Waals surface area (Å²) in [5.74, 6) is 0.0740. The van der Waals surface area contributed by atoms with Gasteiger partial charge in [0, 0.05) is 5.56 Å². The van der Waals surface area contributed by atoms with Crippen LogP contribution in [-0.2, 0) is 0 Å².